The molecular weight excluding hydrogens is 420 g/mol. The number of anilines is 1. The molecule has 4 aromatic rings. The summed E-state index contributed by atoms with van der Waals surface area (Å²) >= 11 is 0. The van der Waals surface area contributed by atoms with Crippen LogP contribution in [-0.4, -0.2) is 63.9 Å². The van der Waals surface area contributed by atoms with Gasteiger partial charge in [-0.05, 0) is 11.6 Å². The molecule has 0 unspecified atom stereocenters. The van der Waals surface area contributed by atoms with E-state index in [2.05, 4.69) is 36.2 Å². The molecule has 4 heterocycles. The van der Waals surface area contributed by atoms with Crippen LogP contribution >= 0.6 is 0 Å². The lowest BCUT2D eigenvalue weighted by Gasteiger charge is -2.28. The molecule has 33 heavy (non-hydrogen) atoms. The van der Waals surface area contributed by atoms with Crippen LogP contribution < -0.4 is 10.2 Å². The summed E-state index contributed by atoms with van der Waals surface area (Å²) in [6.45, 7) is 2.85. The fourth-order valence-corrected chi connectivity index (χ4v) is 3.95. The number of aromatic nitrogens is 4. The number of ether oxygens (including phenoxy) is 1. The van der Waals surface area contributed by atoms with Crippen molar-refractivity contribution in [2.24, 2.45) is 0 Å². The smallest absolute Gasteiger partial charge is 0.289 e. The van der Waals surface area contributed by atoms with Gasteiger partial charge in [0, 0.05) is 48.2 Å². The second-order valence-electron chi connectivity index (χ2n) is 7.81. The Morgan fingerprint density at radius 1 is 1.12 bits per heavy atom. The maximum Gasteiger partial charge on any atom is 0.289 e. The topological polar surface area (TPSA) is 116 Å². The number of carbonyl (C=O) groups is 1. The van der Waals surface area contributed by atoms with E-state index in [0.717, 1.165) is 46.5 Å². The number of carbonyl (C=O) groups excluding carboxylic acids is 1. The van der Waals surface area contributed by atoms with Gasteiger partial charge in [0.1, 0.15) is 5.65 Å². The molecule has 3 aromatic heterocycles. The molecule has 1 aliphatic heterocycles. The van der Waals surface area contributed by atoms with E-state index < -0.39 is 11.9 Å². The summed E-state index contributed by atoms with van der Waals surface area (Å²) in [5.41, 5.74) is 4.32. The summed E-state index contributed by atoms with van der Waals surface area (Å²) in [5, 5.41) is 13.4. The van der Waals surface area contributed by atoms with Crippen LogP contribution in [0.5, 0.6) is 0 Å². The third-order valence-corrected chi connectivity index (χ3v) is 5.75. The lowest BCUT2D eigenvalue weighted by molar-refractivity contribution is 0.0905. The summed E-state index contributed by atoms with van der Waals surface area (Å²) in [7, 11) is 0. The molecular formula is C24H24N6O3. The van der Waals surface area contributed by atoms with Gasteiger partial charge in [0.05, 0.1) is 37.7 Å². The normalized spacial score (nSPS) is 14.9. The predicted molar refractivity (Wildman–Crippen MR) is 124 cm³/mol. The maximum absolute atomic E-state index is 12.6. The Morgan fingerprint density at radius 3 is 2.61 bits per heavy atom. The number of aliphatic hydroxyl groups is 1. The van der Waals surface area contributed by atoms with E-state index in [-0.39, 0.29) is 12.4 Å². The van der Waals surface area contributed by atoms with Crippen molar-refractivity contribution in [3.63, 3.8) is 0 Å². The monoisotopic (exact) mass is 444 g/mol. The number of rotatable bonds is 6. The third-order valence-electron chi connectivity index (χ3n) is 5.75. The number of hydrogen-bond acceptors (Lipinski definition) is 7. The number of aliphatic hydroxyl groups excluding tert-OH is 1. The van der Waals surface area contributed by atoms with Crippen LogP contribution in [0.2, 0.25) is 0 Å². The highest BCUT2D eigenvalue weighted by molar-refractivity contribution is 5.95. The molecule has 0 spiro atoms. The van der Waals surface area contributed by atoms with Crippen LogP contribution in [-0.2, 0) is 4.74 Å². The fourth-order valence-electron chi connectivity index (χ4n) is 3.95. The van der Waals surface area contributed by atoms with Gasteiger partial charge in [0.15, 0.2) is 0 Å². The van der Waals surface area contributed by atoms with Crippen molar-refractivity contribution in [2.45, 2.75) is 6.04 Å². The van der Waals surface area contributed by atoms with Crippen molar-refractivity contribution in [2.75, 3.05) is 37.8 Å². The van der Waals surface area contributed by atoms with E-state index in [1.165, 1.54) is 0 Å². The second-order valence-corrected chi connectivity index (χ2v) is 7.81. The van der Waals surface area contributed by atoms with Gasteiger partial charge in [-0.1, -0.05) is 30.3 Å². The molecule has 1 amide bonds. The molecule has 9 heteroatoms. The number of H-pyrrole nitrogens is 1. The Balaban J connectivity index is 1.36. The van der Waals surface area contributed by atoms with Crippen molar-refractivity contribution >= 4 is 22.6 Å². The van der Waals surface area contributed by atoms with E-state index >= 15 is 0 Å². The van der Waals surface area contributed by atoms with Crippen molar-refractivity contribution < 1.29 is 14.6 Å². The molecule has 1 fully saturated rings. The first-order chi connectivity index (χ1) is 16.2. The first kappa shape index (κ1) is 21.0. The molecule has 1 aromatic carbocycles. The summed E-state index contributed by atoms with van der Waals surface area (Å²) in [5.74, 6) is -0.403. The Kier molecular flexibility index (Phi) is 5.97. The average Bonchev–Trinajstić information content (AvgIpc) is 3.31. The maximum atomic E-state index is 12.6. The summed E-state index contributed by atoms with van der Waals surface area (Å²) in [4.78, 5) is 31.2. The fraction of sp³-hybridized carbons (Fsp3) is 0.250. The number of pyridine rings is 1. The standard InChI is InChI=1S/C24H24N6O3/c31-15-21(16-4-2-1-3-5-16)29-24(32)23-25-11-17(12-26-23)20-14-28-22-19(20)10-18(13-27-22)30-6-8-33-9-7-30/h1-5,10-14,21,31H,6-9,15H2,(H,27,28)(H,29,32)/t21-/m1/s1. The number of nitrogens with one attached hydrogen (secondary N) is 2. The molecule has 5 rings (SSSR count). The lowest BCUT2D eigenvalue weighted by Crippen LogP contribution is -2.36. The quantitative estimate of drug-likeness (QED) is 0.418. The molecule has 0 saturated carbocycles. The minimum absolute atomic E-state index is 0.0418. The van der Waals surface area contributed by atoms with Crippen LogP contribution in [0.15, 0.2) is 61.2 Å². The van der Waals surface area contributed by atoms with E-state index in [0.29, 0.717) is 13.2 Å². The van der Waals surface area contributed by atoms with Crippen LogP contribution in [0.4, 0.5) is 5.69 Å². The second kappa shape index (κ2) is 9.35. The summed E-state index contributed by atoms with van der Waals surface area (Å²) in [6, 6.07) is 10.9. The van der Waals surface area contributed by atoms with Crippen LogP contribution in [0.3, 0.4) is 0 Å². The van der Waals surface area contributed by atoms with Gasteiger partial charge in [-0.3, -0.25) is 4.79 Å². The number of fused-ring (bicyclic) bond motifs is 1. The summed E-state index contributed by atoms with van der Waals surface area (Å²) in [6.07, 6.45) is 6.99. The van der Waals surface area contributed by atoms with E-state index in [4.69, 9.17) is 4.74 Å². The molecule has 1 aliphatic rings. The van der Waals surface area contributed by atoms with Crippen molar-refractivity contribution in [1.29, 1.82) is 0 Å². The molecule has 168 valence electrons. The number of amides is 1. The lowest BCUT2D eigenvalue weighted by atomic mass is 10.1. The molecule has 0 bridgehead atoms. The number of aromatic amines is 1. The van der Waals surface area contributed by atoms with Gasteiger partial charge >= 0.3 is 0 Å². The van der Waals surface area contributed by atoms with Crippen molar-refractivity contribution in [3.05, 3.63) is 72.6 Å². The van der Waals surface area contributed by atoms with Crippen LogP contribution in [0.1, 0.15) is 22.2 Å². The van der Waals surface area contributed by atoms with Crippen LogP contribution in [0, 0.1) is 0 Å². The van der Waals surface area contributed by atoms with Gasteiger partial charge in [-0.15, -0.1) is 0 Å². The largest absolute Gasteiger partial charge is 0.394 e. The van der Waals surface area contributed by atoms with Gasteiger partial charge in [-0.2, -0.15) is 0 Å². The van der Waals surface area contributed by atoms with Gasteiger partial charge in [-0.25, -0.2) is 15.0 Å². The van der Waals surface area contributed by atoms with Gasteiger partial charge < -0.3 is 25.0 Å². The number of hydrogen-bond donors (Lipinski definition) is 3. The van der Waals surface area contributed by atoms with Gasteiger partial charge in [0.2, 0.25) is 5.82 Å². The highest BCUT2D eigenvalue weighted by atomic mass is 16.5. The van der Waals surface area contributed by atoms with E-state index in [1.54, 1.807) is 12.4 Å². The molecule has 9 nitrogen and oxygen atoms in total. The molecule has 1 saturated heterocycles. The minimum Gasteiger partial charge on any atom is -0.394 e. The van der Waals surface area contributed by atoms with Gasteiger partial charge in [0.25, 0.3) is 5.91 Å². The Hall–Kier alpha value is -3.82. The highest BCUT2D eigenvalue weighted by Gasteiger charge is 2.18. The molecule has 3 N–H and O–H groups in total. The number of morpholine rings is 1. The molecule has 0 aliphatic carbocycles. The first-order valence-corrected chi connectivity index (χ1v) is 10.8. The van der Waals surface area contributed by atoms with Crippen molar-refractivity contribution in [3.8, 4) is 11.1 Å². The zero-order chi connectivity index (χ0) is 22.6. The molecule has 1 atom stereocenters. The molecule has 0 radical (unpaired) electrons. The van der Waals surface area contributed by atoms with Crippen molar-refractivity contribution in [1.82, 2.24) is 25.3 Å². The predicted octanol–water partition coefficient (Wildman–Crippen LogP) is 2.32. The zero-order valence-electron chi connectivity index (χ0n) is 17.9. The van der Waals surface area contributed by atoms with Crippen LogP contribution in [0.25, 0.3) is 22.2 Å². The Bertz CT molecular complexity index is 1240. The highest BCUT2D eigenvalue weighted by Crippen LogP contribution is 2.30. The number of nitrogens with zero attached hydrogens (tertiary/aromatic N) is 4. The third kappa shape index (κ3) is 4.41. The Labute approximate surface area is 190 Å². The minimum atomic E-state index is -0.528. The Morgan fingerprint density at radius 2 is 1.88 bits per heavy atom. The number of benzene rings is 1. The van der Waals surface area contributed by atoms with E-state index in [9.17, 15) is 9.90 Å². The average molecular weight is 444 g/mol. The summed E-state index contributed by atoms with van der Waals surface area (Å²) < 4.78 is 5.44. The zero-order valence-corrected chi connectivity index (χ0v) is 17.9. The SMILES string of the molecule is O=C(N[C@H](CO)c1ccccc1)c1ncc(-c2c[nH]c3ncc(N4CCOCC4)cc23)cn1. The van der Waals surface area contributed by atoms with E-state index in [1.807, 2.05) is 42.7 Å². The first-order valence-electron chi connectivity index (χ1n) is 10.8.